The summed E-state index contributed by atoms with van der Waals surface area (Å²) < 4.78 is 8.41. The zero-order valence-electron chi connectivity index (χ0n) is 18.2. The van der Waals surface area contributed by atoms with Crippen LogP contribution < -0.4 is 20.9 Å². The van der Waals surface area contributed by atoms with E-state index in [0.29, 0.717) is 34.6 Å². The van der Waals surface area contributed by atoms with Crippen molar-refractivity contribution in [2.24, 2.45) is 0 Å². The Bertz CT molecular complexity index is 1510. The second-order valence-corrected chi connectivity index (χ2v) is 9.08. The number of halogens is 1. The predicted molar refractivity (Wildman–Crippen MR) is 131 cm³/mol. The highest BCUT2D eigenvalue weighted by Crippen LogP contribution is 2.43. The highest BCUT2D eigenvalue weighted by molar-refractivity contribution is 7.99. The Morgan fingerprint density at radius 2 is 2.15 bits per heavy atom. The second-order valence-electron chi connectivity index (χ2n) is 7.60. The maximum Gasteiger partial charge on any atom is 0.284 e. The lowest BCUT2D eigenvalue weighted by molar-refractivity contribution is 0.413. The van der Waals surface area contributed by atoms with Crippen LogP contribution in [-0.2, 0) is 0 Å². The van der Waals surface area contributed by atoms with E-state index in [1.165, 1.54) is 10.8 Å². The molecular formula is C22H19ClN8O2S. The van der Waals surface area contributed by atoms with Gasteiger partial charge >= 0.3 is 0 Å². The standard InChI is InChI=1S/C22H19ClN8O2S/c1-33-13-5-3-4-12(8-13)31-21(28-30-7-6-15(23)17(30)22(31)32)18-16(34-2)10-29(18)20-14(9-24)19(25)26-11-27-20/h3-8,11,16,18H,10H2,1-2H3,(H2,25,26,27)/t16?,18-/m0/s1. The molecule has 12 heteroatoms. The van der Waals surface area contributed by atoms with Crippen LogP contribution in [0.3, 0.4) is 0 Å². The van der Waals surface area contributed by atoms with E-state index in [1.807, 2.05) is 17.2 Å². The Morgan fingerprint density at radius 1 is 1.32 bits per heavy atom. The van der Waals surface area contributed by atoms with Crippen molar-refractivity contribution in [1.29, 1.82) is 5.26 Å². The number of nitriles is 1. The molecule has 1 aromatic carbocycles. The van der Waals surface area contributed by atoms with Gasteiger partial charge in [-0.3, -0.25) is 9.36 Å². The number of anilines is 2. The molecule has 1 unspecified atom stereocenters. The molecule has 1 fully saturated rings. The van der Waals surface area contributed by atoms with Crippen LogP contribution in [0.5, 0.6) is 5.75 Å². The summed E-state index contributed by atoms with van der Waals surface area (Å²) >= 11 is 7.98. The Morgan fingerprint density at radius 3 is 2.88 bits per heavy atom. The number of hydrogen-bond acceptors (Lipinski definition) is 9. The van der Waals surface area contributed by atoms with Crippen LogP contribution in [0.1, 0.15) is 17.4 Å². The van der Waals surface area contributed by atoms with Crippen LogP contribution in [0.25, 0.3) is 11.2 Å². The van der Waals surface area contributed by atoms with Gasteiger partial charge in [-0.2, -0.15) is 22.1 Å². The van der Waals surface area contributed by atoms with Crippen LogP contribution in [0.4, 0.5) is 11.6 Å². The highest BCUT2D eigenvalue weighted by Gasteiger charge is 2.45. The van der Waals surface area contributed by atoms with Gasteiger partial charge in [0.25, 0.3) is 5.56 Å². The monoisotopic (exact) mass is 494 g/mol. The van der Waals surface area contributed by atoms with Crippen LogP contribution in [-0.4, -0.2) is 49.3 Å². The van der Waals surface area contributed by atoms with Crippen molar-refractivity contribution in [3.63, 3.8) is 0 Å². The van der Waals surface area contributed by atoms with E-state index in [4.69, 9.17) is 27.2 Å². The minimum absolute atomic E-state index is 0.0787. The first-order chi connectivity index (χ1) is 16.5. The molecule has 2 atom stereocenters. The highest BCUT2D eigenvalue weighted by atomic mass is 35.5. The van der Waals surface area contributed by atoms with Crippen molar-refractivity contribution in [3.05, 3.63) is 69.6 Å². The van der Waals surface area contributed by atoms with Gasteiger partial charge in [0.15, 0.2) is 11.6 Å². The number of thioether (sulfide) groups is 1. The van der Waals surface area contributed by atoms with E-state index in [9.17, 15) is 10.1 Å². The molecule has 2 N–H and O–H groups in total. The smallest absolute Gasteiger partial charge is 0.284 e. The summed E-state index contributed by atoms with van der Waals surface area (Å²) in [6, 6.07) is 10.5. The SMILES string of the molecule is COc1cccc(-n2c([C@@H]3C(SC)CN3c3ncnc(N)c3C#N)nn3ccc(Cl)c3c2=O)c1. The zero-order valence-corrected chi connectivity index (χ0v) is 19.8. The predicted octanol–water partition coefficient (Wildman–Crippen LogP) is 2.68. The van der Waals surface area contributed by atoms with Gasteiger partial charge in [-0.25, -0.2) is 14.5 Å². The Hall–Kier alpha value is -3.75. The van der Waals surface area contributed by atoms with Gasteiger partial charge in [0.1, 0.15) is 41.1 Å². The van der Waals surface area contributed by atoms with E-state index < -0.39 is 0 Å². The molecule has 1 saturated heterocycles. The van der Waals surface area contributed by atoms with E-state index in [0.717, 1.165) is 0 Å². The van der Waals surface area contributed by atoms with Crippen molar-refractivity contribution in [2.75, 3.05) is 30.5 Å². The lowest BCUT2D eigenvalue weighted by atomic mass is 10.00. The topological polar surface area (TPSA) is 127 Å². The molecule has 172 valence electrons. The minimum Gasteiger partial charge on any atom is -0.497 e. The third-order valence-corrected chi connectivity index (χ3v) is 7.16. The maximum atomic E-state index is 13.7. The molecule has 1 aliphatic heterocycles. The van der Waals surface area contributed by atoms with Crippen molar-refractivity contribution < 1.29 is 4.74 Å². The molecule has 3 aromatic heterocycles. The molecule has 0 spiro atoms. The van der Waals surface area contributed by atoms with Crippen molar-refractivity contribution in [1.82, 2.24) is 24.1 Å². The summed E-state index contributed by atoms with van der Waals surface area (Å²) in [5.41, 5.74) is 6.67. The fraction of sp³-hybridized carbons (Fsp3) is 0.227. The summed E-state index contributed by atoms with van der Waals surface area (Å²) in [5.74, 6) is 1.58. The Kier molecular flexibility index (Phi) is 5.55. The van der Waals surface area contributed by atoms with Crippen LogP contribution in [0.15, 0.2) is 47.7 Å². The van der Waals surface area contributed by atoms with Gasteiger partial charge in [-0.15, -0.1) is 0 Å². The number of nitrogens with two attached hydrogens (primary N) is 1. The van der Waals surface area contributed by atoms with Gasteiger partial charge in [-0.05, 0) is 24.5 Å². The molecule has 10 nitrogen and oxygen atoms in total. The average Bonchev–Trinajstić information content (AvgIpc) is 3.19. The number of nitrogens with zero attached hydrogens (tertiary/aromatic N) is 7. The number of hydrogen-bond donors (Lipinski definition) is 1. The number of aromatic nitrogens is 5. The van der Waals surface area contributed by atoms with Crippen molar-refractivity contribution in [3.8, 4) is 17.5 Å². The van der Waals surface area contributed by atoms with E-state index in [2.05, 4.69) is 16.0 Å². The maximum absolute atomic E-state index is 13.7. The summed E-state index contributed by atoms with van der Waals surface area (Å²) in [7, 11) is 1.56. The number of rotatable bonds is 5. The molecule has 34 heavy (non-hydrogen) atoms. The molecule has 1 aliphatic rings. The minimum atomic E-state index is -0.374. The zero-order chi connectivity index (χ0) is 24.0. The Balaban J connectivity index is 1.77. The molecular weight excluding hydrogens is 476 g/mol. The fourth-order valence-electron chi connectivity index (χ4n) is 4.15. The first-order valence-corrected chi connectivity index (χ1v) is 11.9. The molecule has 5 rings (SSSR count). The quantitative estimate of drug-likeness (QED) is 0.445. The van der Waals surface area contributed by atoms with E-state index >= 15 is 0 Å². The van der Waals surface area contributed by atoms with Crippen molar-refractivity contribution in [2.45, 2.75) is 11.3 Å². The Labute approximate surface area is 203 Å². The molecule has 4 heterocycles. The lowest BCUT2D eigenvalue weighted by Gasteiger charge is -2.48. The molecule has 0 amide bonds. The van der Waals surface area contributed by atoms with Gasteiger partial charge in [0.05, 0.1) is 17.8 Å². The summed E-state index contributed by atoms with van der Waals surface area (Å²) in [6.07, 6.45) is 4.97. The number of benzene rings is 1. The van der Waals surface area contributed by atoms with E-state index in [1.54, 1.807) is 53.9 Å². The normalized spacial score (nSPS) is 17.4. The summed E-state index contributed by atoms with van der Waals surface area (Å²) in [4.78, 5) is 23.9. The number of nitrogen functional groups attached to an aromatic ring is 1. The van der Waals surface area contributed by atoms with Gasteiger partial charge in [-0.1, -0.05) is 17.7 Å². The molecule has 4 aromatic rings. The first-order valence-electron chi connectivity index (χ1n) is 10.2. The third kappa shape index (κ3) is 3.34. The van der Waals surface area contributed by atoms with Gasteiger partial charge in [0.2, 0.25) is 0 Å². The third-order valence-electron chi connectivity index (χ3n) is 5.85. The fourth-order valence-corrected chi connectivity index (χ4v) is 5.21. The second kappa shape index (κ2) is 8.55. The number of ether oxygens (including phenoxy) is 1. The number of fused-ring (bicyclic) bond motifs is 1. The van der Waals surface area contributed by atoms with Crippen LogP contribution >= 0.6 is 23.4 Å². The average molecular weight is 495 g/mol. The summed E-state index contributed by atoms with van der Waals surface area (Å²) in [5, 5.41) is 14.9. The lowest BCUT2D eigenvalue weighted by Crippen LogP contribution is -2.55. The summed E-state index contributed by atoms with van der Waals surface area (Å²) in [6.45, 7) is 0.593. The van der Waals surface area contributed by atoms with Crippen molar-refractivity contribution >= 4 is 40.5 Å². The van der Waals surface area contributed by atoms with Crippen LogP contribution in [0, 0.1) is 11.3 Å². The largest absolute Gasteiger partial charge is 0.497 e. The molecule has 0 aliphatic carbocycles. The first kappa shape index (κ1) is 22.1. The molecule has 0 bridgehead atoms. The molecule has 0 saturated carbocycles. The van der Waals surface area contributed by atoms with Gasteiger partial charge in [0, 0.05) is 24.1 Å². The van der Waals surface area contributed by atoms with Gasteiger partial charge < -0.3 is 15.4 Å². The number of methoxy groups -OCH3 is 1. The molecule has 0 radical (unpaired) electrons. The van der Waals surface area contributed by atoms with E-state index in [-0.39, 0.29) is 33.7 Å². The van der Waals surface area contributed by atoms with Crippen LogP contribution in [0.2, 0.25) is 5.02 Å².